The van der Waals surface area contributed by atoms with Crippen molar-refractivity contribution in [2.75, 3.05) is 12.4 Å². The number of benzene rings is 2. The zero-order valence-electron chi connectivity index (χ0n) is 24.5. The highest BCUT2D eigenvalue weighted by Gasteiger charge is 2.79. The molecule has 1 saturated heterocycles. The predicted molar refractivity (Wildman–Crippen MR) is 162 cm³/mol. The van der Waals surface area contributed by atoms with Crippen LogP contribution in [-0.2, 0) is 19.8 Å². The molecule has 2 amide bonds. The molecule has 2 heterocycles. The van der Waals surface area contributed by atoms with Gasteiger partial charge in [-0.25, -0.2) is 4.39 Å². The molecule has 2 aromatic carbocycles. The van der Waals surface area contributed by atoms with E-state index in [1.807, 2.05) is 18.0 Å². The Hall–Kier alpha value is -2.68. The first kappa shape index (κ1) is 29.1. The topological polar surface area (TPSA) is 98.7 Å². The molecule has 4 aliphatic carbocycles. The summed E-state index contributed by atoms with van der Waals surface area (Å²) in [7, 11) is 1.89. The maximum absolute atomic E-state index is 16.2. The second-order valence-corrected chi connectivity index (χ2v) is 15.4. The average Bonchev–Trinajstić information content (AvgIpc) is 3.35. The number of rotatable bonds is 4. The lowest BCUT2D eigenvalue weighted by Gasteiger charge is -2.61. The Morgan fingerprint density at radius 1 is 1.05 bits per heavy atom. The minimum absolute atomic E-state index is 0.0674. The van der Waals surface area contributed by atoms with Crippen LogP contribution in [0.1, 0.15) is 82.3 Å². The van der Waals surface area contributed by atoms with Gasteiger partial charge in [0.15, 0.2) is 0 Å². The highest BCUT2D eigenvalue weighted by molar-refractivity contribution is 6.31. The third kappa shape index (κ3) is 3.72. The summed E-state index contributed by atoms with van der Waals surface area (Å²) < 4.78 is 16.2. The first-order valence-corrected chi connectivity index (χ1v) is 15.8. The van der Waals surface area contributed by atoms with E-state index in [9.17, 15) is 19.5 Å². The van der Waals surface area contributed by atoms with E-state index >= 15 is 4.39 Å². The van der Waals surface area contributed by atoms with Gasteiger partial charge in [-0.2, -0.15) is 0 Å². The molecule has 0 unspecified atom stereocenters. The van der Waals surface area contributed by atoms with E-state index < -0.39 is 45.7 Å². The Kier molecular flexibility index (Phi) is 6.20. The zero-order valence-corrected chi connectivity index (χ0v) is 26.0. The molecule has 3 atom stereocenters. The van der Waals surface area contributed by atoms with Crippen LogP contribution in [-0.4, -0.2) is 52.0 Å². The number of hydrogen-bond acceptors (Lipinski definition) is 4. The fourth-order valence-electron chi connectivity index (χ4n) is 9.95. The Bertz CT molecular complexity index is 1560. The van der Waals surface area contributed by atoms with Crippen LogP contribution < -0.4 is 10.6 Å². The predicted octanol–water partition coefficient (Wildman–Crippen LogP) is 6.27. The van der Waals surface area contributed by atoms with Gasteiger partial charge in [0.05, 0.1) is 16.5 Å². The quantitative estimate of drug-likeness (QED) is 0.371. The zero-order chi connectivity index (χ0) is 30.7. The van der Waals surface area contributed by atoms with Crippen molar-refractivity contribution in [3.8, 4) is 0 Å². The van der Waals surface area contributed by atoms with Gasteiger partial charge in [0, 0.05) is 27.7 Å². The number of carbonyl (C=O) groups is 3. The van der Waals surface area contributed by atoms with Gasteiger partial charge in [0.2, 0.25) is 11.8 Å². The van der Waals surface area contributed by atoms with Crippen LogP contribution in [0.2, 0.25) is 10.0 Å². The van der Waals surface area contributed by atoms with E-state index in [1.165, 1.54) is 6.07 Å². The van der Waals surface area contributed by atoms with E-state index in [4.69, 9.17) is 23.2 Å². The second-order valence-electron chi connectivity index (χ2n) is 14.5. The van der Waals surface area contributed by atoms with Gasteiger partial charge in [0.1, 0.15) is 11.2 Å². The molecule has 10 heteroatoms. The van der Waals surface area contributed by atoms with Crippen molar-refractivity contribution in [3.63, 3.8) is 0 Å². The lowest BCUT2D eigenvalue weighted by atomic mass is 9.46. The maximum Gasteiger partial charge on any atom is 0.309 e. The first-order valence-electron chi connectivity index (χ1n) is 15.0. The number of carbonyl (C=O) groups excluding carboxylic acids is 2. The summed E-state index contributed by atoms with van der Waals surface area (Å²) in [6.07, 6.45) is 4.49. The number of aliphatic carboxylic acids is 1. The highest BCUT2D eigenvalue weighted by Crippen LogP contribution is 2.71. The van der Waals surface area contributed by atoms with E-state index in [0.29, 0.717) is 67.6 Å². The molecule has 7 nitrogen and oxygen atoms in total. The third-order valence-corrected chi connectivity index (χ3v) is 12.4. The van der Waals surface area contributed by atoms with Gasteiger partial charge in [-0.15, -0.1) is 0 Å². The molecule has 3 N–H and O–H groups in total. The molecule has 8 rings (SSSR count). The molecule has 4 saturated carbocycles. The van der Waals surface area contributed by atoms with Crippen molar-refractivity contribution in [3.05, 3.63) is 63.4 Å². The fourth-order valence-corrected chi connectivity index (χ4v) is 10.3. The van der Waals surface area contributed by atoms with Crippen molar-refractivity contribution in [1.82, 2.24) is 10.2 Å². The number of hydrogen-bond donors (Lipinski definition) is 3. The van der Waals surface area contributed by atoms with Crippen LogP contribution in [0.25, 0.3) is 0 Å². The highest BCUT2D eigenvalue weighted by atomic mass is 35.5. The lowest BCUT2D eigenvalue weighted by Crippen LogP contribution is -2.68. The molecule has 228 valence electrons. The Morgan fingerprint density at radius 2 is 1.70 bits per heavy atom. The van der Waals surface area contributed by atoms with Crippen molar-refractivity contribution >= 4 is 46.7 Å². The van der Waals surface area contributed by atoms with Crippen LogP contribution >= 0.6 is 23.2 Å². The van der Waals surface area contributed by atoms with E-state index in [2.05, 4.69) is 24.5 Å². The molecule has 2 aliphatic heterocycles. The van der Waals surface area contributed by atoms with E-state index in [0.717, 1.165) is 0 Å². The maximum atomic E-state index is 16.2. The molecule has 6 aliphatic rings. The summed E-state index contributed by atoms with van der Waals surface area (Å²) in [5.74, 6) is -2.83. The lowest BCUT2D eigenvalue weighted by molar-refractivity contribution is -0.157. The molecule has 2 bridgehead atoms. The standard InChI is InChI=1S/C33H36Cl2FN3O4/c1-29(2)16-32(17-29)33(20-8-7-18(34)15-22(20)37-27(33)41)23(19-5-4-6-21(35)24(19)36)25(39(32)3)26(40)38-31-12-9-30(10-13-31,11-14-31)28(42)43/h4-8,15,23,25H,9-14,16-17H2,1-3H3,(H,37,41)(H,38,40)(H,42,43)/t23-,25+,30?,31?,33+/m0/s1. The third-order valence-electron chi connectivity index (χ3n) is 11.8. The van der Waals surface area contributed by atoms with Gasteiger partial charge in [-0.1, -0.05) is 55.2 Å². The molecule has 2 spiro atoms. The molecular weight excluding hydrogens is 592 g/mol. The number of nitrogens with zero attached hydrogens (tertiary/aromatic N) is 1. The van der Waals surface area contributed by atoms with Crippen molar-refractivity contribution < 1.29 is 23.9 Å². The Labute approximate surface area is 260 Å². The van der Waals surface area contributed by atoms with E-state index in [-0.39, 0.29) is 27.8 Å². The van der Waals surface area contributed by atoms with Gasteiger partial charge < -0.3 is 15.7 Å². The molecular formula is C33H36Cl2FN3O4. The minimum atomic E-state index is -1.29. The monoisotopic (exact) mass is 627 g/mol. The number of halogens is 3. The van der Waals surface area contributed by atoms with Crippen LogP contribution in [0, 0.1) is 16.6 Å². The number of fused-ring (bicyclic) bond motifs is 6. The number of nitrogens with one attached hydrogen (secondary N) is 2. The van der Waals surface area contributed by atoms with Gasteiger partial charge >= 0.3 is 5.97 Å². The van der Waals surface area contributed by atoms with Crippen molar-refractivity contribution in [2.45, 2.75) is 93.7 Å². The molecule has 43 heavy (non-hydrogen) atoms. The summed E-state index contributed by atoms with van der Waals surface area (Å²) >= 11 is 12.7. The number of likely N-dealkylation sites (tertiary alicyclic amines) is 1. The van der Waals surface area contributed by atoms with Crippen LogP contribution in [0.15, 0.2) is 36.4 Å². The summed E-state index contributed by atoms with van der Waals surface area (Å²) in [6, 6.07) is 9.21. The molecule has 0 radical (unpaired) electrons. The summed E-state index contributed by atoms with van der Waals surface area (Å²) in [5, 5.41) is 16.7. The van der Waals surface area contributed by atoms with Crippen molar-refractivity contribution in [2.24, 2.45) is 10.8 Å². The SMILES string of the molecule is CN1[C@@H](C(=O)NC23CCC(C(=O)O)(CC2)CC3)[C@H](c2cccc(Cl)c2F)[C@]2(C(=O)Nc3cc(Cl)ccc32)C12CC(C)(C)C2. The largest absolute Gasteiger partial charge is 0.481 e. The minimum Gasteiger partial charge on any atom is -0.481 e. The average molecular weight is 629 g/mol. The molecule has 5 fully saturated rings. The molecule has 0 aromatic heterocycles. The number of likely N-dealkylation sites (N-methyl/N-ethyl adjacent to an activating group) is 1. The summed E-state index contributed by atoms with van der Waals surface area (Å²) in [6.45, 7) is 4.30. The van der Waals surface area contributed by atoms with Gasteiger partial charge in [-0.05, 0) is 93.2 Å². The van der Waals surface area contributed by atoms with Gasteiger partial charge in [0.25, 0.3) is 0 Å². The van der Waals surface area contributed by atoms with Crippen LogP contribution in [0.5, 0.6) is 0 Å². The Morgan fingerprint density at radius 3 is 2.30 bits per heavy atom. The van der Waals surface area contributed by atoms with Crippen LogP contribution in [0.4, 0.5) is 10.1 Å². The first-order chi connectivity index (χ1) is 20.2. The summed E-state index contributed by atoms with van der Waals surface area (Å²) in [5.41, 5.74) is -1.91. The number of anilines is 1. The Balaban J connectivity index is 1.39. The number of carboxylic acid groups (broad SMARTS) is 1. The van der Waals surface area contributed by atoms with Crippen LogP contribution in [0.3, 0.4) is 0 Å². The fraction of sp³-hybridized carbons (Fsp3) is 0.545. The molecule has 2 aromatic rings. The number of amides is 2. The smallest absolute Gasteiger partial charge is 0.309 e. The normalized spacial score (nSPS) is 35.1. The van der Waals surface area contributed by atoms with Crippen molar-refractivity contribution in [1.29, 1.82) is 0 Å². The van der Waals surface area contributed by atoms with E-state index in [1.54, 1.807) is 24.3 Å². The van der Waals surface area contributed by atoms with Gasteiger partial charge in [-0.3, -0.25) is 19.3 Å². The summed E-state index contributed by atoms with van der Waals surface area (Å²) in [4.78, 5) is 43.4. The second kappa shape index (κ2) is 9.18. The number of carboxylic acids is 1.